The van der Waals surface area contributed by atoms with E-state index >= 15 is 0 Å². The van der Waals surface area contributed by atoms with Gasteiger partial charge in [0.1, 0.15) is 16.9 Å². The van der Waals surface area contributed by atoms with Crippen molar-refractivity contribution < 1.29 is 18.3 Å². The molecule has 5 rings (SSSR count). The number of para-hydroxylation sites is 1. The summed E-state index contributed by atoms with van der Waals surface area (Å²) in [5.74, 6) is -0.745. The molecule has 1 aliphatic heterocycles. The van der Waals surface area contributed by atoms with Crippen molar-refractivity contribution in [3.05, 3.63) is 64.7 Å². The second-order valence-electron chi connectivity index (χ2n) is 7.57. The number of fused-ring (bicyclic) bond motifs is 3. The van der Waals surface area contributed by atoms with Gasteiger partial charge in [0.05, 0.1) is 18.4 Å². The number of thioether (sulfide) groups is 1. The van der Waals surface area contributed by atoms with Crippen LogP contribution in [0.15, 0.2) is 62.9 Å². The summed E-state index contributed by atoms with van der Waals surface area (Å²) in [6.45, 7) is 1.00. The quantitative estimate of drug-likeness (QED) is 0.348. The van der Waals surface area contributed by atoms with Crippen LogP contribution in [0.1, 0.15) is 12.8 Å². The van der Waals surface area contributed by atoms with Gasteiger partial charge in [-0.05, 0) is 43.2 Å². The first-order valence-electron chi connectivity index (χ1n) is 10.3. The van der Waals surface area contributed by atoms with Gasteiger partial charge < -0.3 is 14.5 Å². The van der Waals surface area contributed by atoms with Gasteiger partial charge in [-0.1, -0.05) is 30.0 Å². The molecule has 0 bridgehead atoms. The maximum Gasteiger partial charge on any atom is 0.297 e. The SMILES string of the molecule is O=C(CSc1nc2c(oc3ccccc32)c(=O)n1C[C@H]1CCCO1)Nc1cccc(F)c1. The number of rotatable bonds is 6. The first-order valence-corrected chi connectivity index (χ1v) is 11.3. The summed E-state index contributed by atoms with van der Waals surface area (Å²) < 4.78 is 26.4. The number of anilines is 1. The van der Waals surface area contributed by atoms with E-state index in [0.29, 0.717) is 35.1 Å². The fourth-order valence-electron chi connectivity index (χ4n) is 3.81. The lowest BCUT2D eigenvalue weighted by Crippen LogP contribution is -2.29. The van der Waals surface area contributed by atoms with Crippen molar-refractivity contribution in [1.29, 1.82) is 0 Å². The predicted molar refractivity (Wildman–Crippen MR) is 121 cm³/mol. The van der Waals surface area contributed by atoms with Gasteiger partial charge in [-0.15, -0.1) is 0 Å². The zero-order chi connectivity index (χ0) is 22.1. The van der Waals surface area contributed by atoms with E-state index in [-0.39, 0.29) is 28.9 Å². The number of nitrogens with one attached hydrogen (secondary N) is 1. The van der Waals surface area contributed by atoms with Crippen molar-refractivity contribution in [2.75, 3.05) is 17.7 Å². The van der Waals surface area contributed by atoms with E-state index < -0.39 is 5.82 Å². The number of carbonyl (C=O) groups is 1. The van der Waals surface area contributed by atoms with E-state index in [0.717, 1.165) is 30.0 Å². The molecule has 3 heterocycles. The molecule has 9 heteroatoms. The first kappa shape index (κ1) is 20.7. The molecular weight excluding hydrogens is 433 g/mol. The standard InChI is InChI=1S/C23H20FN3O4S/c24-14-5-3-6-15(11-14)25-19(28)13-32-23-26-20-17-8-1-2-9-18(17)31-21(20)22(29)27(23)12-16-7-4-10-30-16/h1-3,5-6,8-9,11,16H,4,7,10,12-13H2,(H,25,28)/t16-/m1/s1. The Bertz CT molecular complexity index is 1360. The Morgan fingerprint density at radius 3 is 2.94 bits per heavy atom. The highest BCUT2D eigenvalue weighted by atomic mass is 32.2. The lowest BCUT2D eigenvalue weighted by Gasteiger charge is -2.15. The van der Waals surface area contributed by atoms with Gasteiger partial charge in [-0.2, -0.15) is 0 Å². The van der Waals surface area contributed by atoms with Gasteiger partial charge in [0.2, 0.25) is 11.5 Å². The van der Waals surface area contributed by atoms with Crippen molar-refractivity contribution in [2.45, 2.75) is 30.6 Å². The highest BCUT2D eigenvalue weighted by Crippen LogP contribution is 2.28. The Kier molecular flexibility index (Phi) is 5.67. The Labute approximate surface area is 186 Å². The first-order chi connectivity index (χ1) is 15.6. The summed E-state index contributed by atoms with van der Waals surface area (Å²) >= 11 is 1.15. The van der Waals surface area contributed by atoms with Crippen LogP contribution in [0.5, 0.6) is 0 Å². The number of carbonyl (C=O) groups excluding carboxylic acids is 1. The molecule has 0 radical (unpaired) electrons. The number of aromatic nitrogens is 2. The smallest absolute Gasteiger partial charge is 0.297 e. The second kappa shape index (κ2) is 8.76. The molecule has 1 saturated heterocycles. The number of ether oxygens (including phenoxy) is 1. The summed E-state index contributed by atoms with van der Waals surface area (Å²) in [6.07, 6.45) is 1.71. The molecule has 0 aliphatic carbocycles. The van der Waals surface area contributed by atoms with Crippen LogP contribution in [-0.2, 0) is 16.1 Å². The van der Waals surface area contributed by atoms with Gasteiger partial charge >= 0.3 is 0 Å². The molecule has 164 valence electrons. The fourth-order valence-corrected chi connectivity index (χ4v) is 4.61. The van der Waals surface area contributed by atoms with Gasteiger partial charge in [-0.25, -0.2) is 9.37 Å². The minimum Gasteiger partial charge on any atom is -0.448 e. The molecule has 1 aliphatic rings. The maximum absolute atomic E-state index is 13.4. The zero-order valence-electron chi connectivity index (χ0n) is 17.0. The highest BCUT2D eigenvalue weighted by molar-refractivity contribution is 7.99. The van der Waals surface area contributed by atoms with Crippen molar-refractivity contribution in [3.8, 4) is 0 Å². The van der Waals surface area contributed by atoms with E-state index in [1.54, 1.807) is 12.1 Å². The summed E-state index contributed by atoms with van der Waals surface area (Å²) in [7, 11) is 0. The number of amides is 1. The molecular formula is C23H20FN3O4S. The van der Waals surface area contributed by atoms with Crippen molar-refractivity contribution in [2.24, 2.45) is 0 Å². The van der Waals surface area contributed by atoms with Crippen LogP contribution in [-0.4, -0.2) is 33.9 Å². The number of nitrogens with zero attached hydrogens (tertiary/aromatic N) is 2. The zero-order valence-corrected chi connectivity index (χ0v) is 17.9. The molecule has 1 fully saturated rings. The van der Waals surface area contributed by atoms with Crippen LogP contribution >= 0.6 is 11.8 Å². The number of furan rings is 1. The summed E-state index contributed by atoms with van der Waals surface area (Å²) in [5.41, 5.74) is 1.33. The third-order valence-electron chi connectivity index (χ3n) is 5.30. The fraction of sp³-hybridized carbons (Fsp3) is 0.261. The van der Waals surface area contributed by atoms with E-state index in [1.165, 1.54) is 22.8 Å². The highest BCUT2D eigenvalue weighted by Gasteiger charge is 2.23. The van der Waals surface area contributed by atoms with Crippen LogP contribution in [0.4, 0.5) is 10.1 Å². The average molecular weight is 453 g/mol. The van der Waals surface area contributed by atoms with Crippen LogP contribution in [0.25, 0.3) is 22.1 Å². The average Bonchev–Trinajstić information content (AvgIpc) is 3.42. The van der Waals surface area contributed by atoms with Crippen molar-refractivity contribution >= 4 is 45.4 Å². The molecule has 32 heavy (non-hydrogen) atoms. The molecule has 1 amide bonds. The lowest BCUT2D eigenvalue weighted by atomic mass is 10.2. The third kappa shape index (κ3) is 4.13. The molecule has 0 saturated carbocycles. The number of hydrogen-bond acceptors (Lipinski definition) is 6. The molecule has 7 nitrogen and oxygen atoms in total. The van der Waals surface area contributed by atoms with E-state index in [9.17, 15) is 14.0 Å². The molecule has 1 N–H and O–H groups in total. The normalized spacial score (nSPS) is 16.1. The summed E-state index contributed by atoms with van der Waals surface area (Å²) in [5, 5.41) is 3.82. The Morgan fingerprint density at radius 2 is 2.12 bits per heavy atom. The van der Waals surface area contributed by atoms with E-state index in [2.05, 4.69) is 5.32 Å². The van der Waals surface area contributed by atoms with E-state index in [4.69, 9.17) is 14.1 Å². The predicted octanol–water partition coefficient (Wildman–Crippen LogP) is 4.19. The minimum atomic E-state index is -0.431. The molecule has 2 aromatic carbocycles. The Balaban J connectivity index is 1.47. The van der Waals surface area contributed by atoms with Crippen molar-refractivity contribution in [1.82, 2.24) is 9.55 Å². The maximum atomic E-state index is 13.4. The largest absolute Gasteiger partial charge is 0.448 e. The molecule has 4 aromatic rings. The molecule has 1 atom stereocenters. The lowest BCUT2D eigenvalue weighted by molar-refractivity contribution is -0.113. The monoisotopic (exact) mass is 453 g/mol. The van der Waals surface area contributed by atoms with E-state index in [1.807, 2.05) is 18.2 Å². The Hall–Kier alpha value is -3.17. The van der Waals surface area contributed by atoms with Crippen LogP contribution < -0.4 is 10.9 Å². The van der Waals surface area contributed by atoms with Gasteiger partial charge in [0.25, 0.3) is 5.56 Å². The number of benzene rings is 2. The summed E-state index contributed by atoms with van der Waals surface area (Å²) in [4.78, 5) is 30.4. The Morgan fingerprint density at radius 1 is 1.25 bits per heavy atom. The van der Waals surface area contributed by atoms with Gasteiger partial charge in [0.15, 0.2) is 5.16 Å². The van der Waals surface area contributed by atoms with Gasteiger partial charge in [-0.3, -0.25) is 14.2 Å². The van der Waals surface area contributed by atoms with Crippen molar-refractivity contribution in [3.63, 3.8) is 0 Å². The molecule has 0 spiro atoms. The molecule has 0 unspecified atom stereocenters. The molecule has 2 aromatic heterocycles. The van der Waals surface area contributed by atoms with Crippen LogP contribution in [0, 0.1) is 5.82 Å². The summed E-state index contributed by atoms with van der Waals surface area (Å²) in [6, 6.07) is 13.0. The van der Waals surface area contributed by atoms with Crippen LogP contribution in [0.2, 0.25) is 0 Å². The van der Waals surface area contributed by atoms with Gasteiger partial charge in [0, 0.05) is 17.7 Å². The number of hydrogen-bond donors (Lipinski definition) is 1. The number of halogens is 1. The topological polar surface area (TPSA) is 86.4 Å². The second-order valence-corrected chi connectivity index (χ2v) is 8.51. The minimum absolute atomic E-state index is 0.00969. The third-order valence-corrected chi connectivity index (χ3v) is 6.27. The van der Waals surface area contributed by atoms with Crippen LogP contribution in [0.3, 0.4) is 0 Å².